The highest BCUT2D eigenvalue weighted by molar-refractivity contribution is 5.92. The van der Waals surface area contributed by atoms with Crippen molar-refractivity contribution in [2.75, 3.05) is 16.8 Å². The molecule has 1 aliphatic heterocycles. The molecule has 5 heteroatoms. The molecule has 2 N–H and O–H groups in total. The molecule has 4 nitrogen and oxygen atoms in total. The second-order valence-electron chi connectivity index (χ2n) is 8.37. The van der Waals surface area contributed by atoms with Crippen LogP contribution in [-0.2, 0) is 13.0 Å². The van der Waals surface area contributed by atoms with Gasteiger partial charge in [0.1, 0.15) is 5.82 Å². The Labute approximate surface area is 160 Å². The number of rotatable bonds is 2. The lowest BCUT2D eigenvalue weighted by molar-refractivity contribution is 0.244. The summed E-state index contributed by atoms with van der Waals surface area (Å²) < 4.78 is 13.4. The Hall–Kier alpha value is -2.56. The average Bonchev–Trinajstić information content (AvgIpc) is 2.56. The van der Waals surface area contributed by atoms with Crippen molar-refractivity contribution in [3.63, 3.8) is 0 Å². The molecule has 2 amide bonds. The van der Waals surface area contributed by atoms with E-state index in [0.717, 1.165) is 47.6 Å². The van der Waals surface area contributed by atoms with Crippen LogP contribution in [0.5, 0.6) is 0 Å². The van der Waals surface area contributed by atoms with Crippen molar-refractivity contribution in [1.82, 2.24) is 5.32 Å². The van der Waals surface area contributed by atoms with Crippen LogP contribution in [0.25, 0.3) is 0 Å². The smallest absolute Gasteiger partial charge is 0.319 e. The fourth-order valence-electron chi connectivity index (χ4n) is 3.55. The van der Waals surface area contributed by atoms with Gasteiger partial charge in [0.15, 0.2) is 0 Å². The van der Waals surface area contributed by atoms with Gasteiger partial charge in [-0.05, 0) is 87.6 Å². The van der Waals surface area contributed by atoms with Crippen LogP contribution < -0.4 is 15.5 Å². The molecule has 2 aromatic rings. The Kier molecular flexibility index (Phi) is 5.13. The second kappa shape index (κ2) is 7.22. The van der Waals surface area contributed by atoms with E-state index in [1.807, 2.05) is 40.7 Å². The van der Waals surface area contributed by atoms with Crippen LogP contribution in [0.4, 0.5) is 20.6 Å². The maximum atomic E-state index is 13.4. The van der Waals surface area contributed by atoms with E-state index in [1.54, 1.807) is 6.07 Å². The largest absolute Gasteiger partial charge is 0.367 e. The number of hydrogen-bond acceptors (Lipinski definition) is 2. The van der Waals surface area contributed by atoms with Gasteiger partial charge in [-0.25, -0.2) is 9.18 Å². The first kappa shape index (κ1) is 19.2. The first-order chi connectivity index (χ1) is 12.6. The molecule has 144 valence electrons. The van der Waals surface area contributed by atoms with E-state index in [0.29, 0.717) is 0 Å². The lowest BCUT2D eigenvalue weighted by Crippen LogP contribution is -2.43. The van der Waals surface area contributed by atoms with Crippen LogP contribution in [0.3, 0.4) is 0 Å². The number of benzene rings is 2. The Bertz CT molecular complexity index is 847. The maximum absolute atomic E-state index is 13.4. The monoisotopic (exact) mass is 369 g/mol. The number of nitrogens with zero attached hydrogens (tertiary/aromatic N) is 1. The van der Waals surface area contributed by atoms with Gasteiger partial charge in [-0.15, -0.1) is 0 Å². The summed E-state index contributed by atoms with van der Waals surface area (Å²) in [5.41, 5.74) is 6.01. The first-order valence-corrected chi connectivity index (χ1v) is 9.35. The predicted molar refractivity (Wildman–Crippen MR) is 109 cm³/mol. The van der Waals surface area contributed by atoms with Crippen molar-refractivity contribution in [3.8, 4) is 0 Å². The Morgan fingerprint density at radius 1 is 1.07 bits per heavy atom. The number of carbonyl (C=O) groups is 1. The fraction of sp³-hybridized carbons (Fsp3) is 0.409. The minimum Gasteiger partial charge on any atom is -0.367 e. The number of carbonyl (C=O) groups excluding carboxylic acids is 1. The van der Waals surface area contributed by atoms with Crippen LogP contribution in [-0.4, -0.2) is 18.1 Å². The molecule has 1 heterocycles. The van der Waals surface area contributed by atoms with Gasteiger partial charge < -0.3 is 15.5 Å². The standard InChI is InChI=1S/C22H28FN3O/c1-14-10-19(11-15(2)20(14)24-21(27)25-22(3,4)5)26-9-8-16-12-18(23)7-6-17(16)13-26/h6-7,10-12H,8-9,13H2,1-5H3,(H2,24,25,27). The van der Waals surface area contributed by atoms with Crippen molar-refractivity contribution in [2.24, 2.45) is 0 Å². The van der Waals surface area contributed by atoms with E-state index in [-0.39, 0.29) is 17.4 Å². The van der Waals surface area contributed by atoms with E-state index < -0.39 is 0 Å². The topological polar surface area (TPSA) is 44.4 Å². The summed E-state index contributed by atoms with van der Waals surface area (Å²) >= 11 is 0. The molecular formula is C22H28FN3O. The quantitative estimate of drug-likeness (QED) is 0.789. The van der Waals surface area contributed by atoms with E-state index >= 15 is 0 Å². The summed E-state index contributed by atoms with van der Waals surface area (Å²) in [4.78, 5) is 14.5. The van der Waals surface area contributed by atoms with Gasteiger partial charge in [0, 0.05) is 30.0 Å². The second-order valence-corrected chi connectivity index (χ2v) is 8.37. The zero-order valence-electron chi connectivity index (χ0n) is 16.7. The van der Waals surface area contributed by atoms with Crippen molar-refractivity contribution >= 4 is 17.4 Å². The van der Waals surface area contributed by atoms with Gasteiger partial charge >= 0.3 is 6.03 Å². The zero-order chi connectivity index (χ0) is 19.8. The molecule has 0 saturated carbocycles. The van der Waals surface area contributed by atoms with E-state index in [9.17, 15) is 9.18 Å². The Balaban J connectivity index is 1.79. The predicted octanol–water partition coefficient (Wildman–Crippen LogP) is 4.93. The summed E-state index contributed by atoms with van der Waals surface area (Å²) in [5, 5.41) is 5.90. The molecule has 0 saturated heterocycles. The van der Waals surface area contributed by atoms with Crippen LogP contribution in [0.2, 0.25) is 0 Å². The lowest BCUT2D eigenvalue weighted by Gasteiger charge is -2.32. The third kappa shape index (κ3) is 4.59. The number of aryl methyl sites for hydroxylation is 2. The maximum Gasteiger partial charge on any atom is 0.319 e. The highest BCUT2D eigenvalue weighted by Crippen LogP contribution is 2.30. The molecule has 0 atom stereocenters. The number of fused-ring (bicyclic) bond motifs is 1. The molecule has 0 aliphatic carbocycles. The van der Waals surface area contributed by atoms with Gasteiger partial charge in [-0.3, -0.25) is 0 Å². The third-order valence-corrected chi connectivity index (χ3v) is 4.79. The molecular weight excluding hydrogens is 341 g/mol. The first-order valence-electron chi connectivity index (χ1n) is 9.35. The molecule has 2 aromatic carbocycles. The number of urea groups is 1. The number of nitrogens with one attached hydrogen (secondary N) is 2. The number of anilines is 2. The molecule has 0 bridgehead atoms. The van der Waals surface area contributed by atoms with Crippen LogP contribution in [0.15, 0.2) is 30.3 Å². The van der Waals surface area contributed by atoms with Crippen molar-refractivity contribution in [2.45, 2.75) is 53.1 Å². The lowest BCUT2D eigenvalue weighted by atomic mass is 9.98. The SMILES string of the molecule is Cc1cc(N2CCc3cc(F)ccc3C2)cc(C)c1NC(=O)NC(C)(C)C. The van der Waals surface area contributed by atoms with Crippen molar-refractivity contribution in [1.29, 1.82) is 0 Å². The van der Waals surface area contributed by atoms with Gasteiger partial charge in [0.25, 0.3) is 0 Å². The van der Waals surface area contributed by atoms with Crippen LogP contribution in [0.1, 0.15) is 43.0 Å². The number of halogens is 1. The van der Waals surface area contributed by atoms with Crippen LogP contribution in [0, 0.1) is 19.7 Å². The van der Waals surface area contributed by atoms with E-state index in [2.05, 4.69) is 27.7 Å². The Morgan fingerprint density at radius 3 is 2.37 bits per heavy atom. The highest BCUT2D eigenvalue weighted by Gasteiger charge is 2.20. The summed E-state index contributed by atoms with van der Waals surface area (Å²) in [6.45, 7) is 11.5. The Morgan fingerprint density at radius 2 is 1.74 bits per heavy atom. The molecule has 0 radical (unpaired) electrons. The summed E-state index contributed by atoms with van der Waals surface area (Å²) in [6.07, 6.45) is 0.833. The minimum atomic E-state index is -0.285. The zero-order valence-corrected chi connectivity index (χ0v) is 16.7. The molecule has 0 unspecified atom stereocenters. The average molecular weight is 369 g/mol. The van der Waals surface area contributed by atoms with Crippen molar-refractivity contribution in [3.05, 3.63) is 58.4 Å². The minimum absolute atomic E-state index is 0.169. The molecule has 1 aliphatic rings. The van der Waals surface area contributed by atoms with Gasteiger partial charge in [-0.2, -0.15) is 0 Å². The molecule has 27 heavy (non-hydrogen) atoms. The summed E-state index contributed by atoms with van der Waals surface area (Å²) in [5.74, 6) is -0.169. The number of hydrogen-bond donors (Lipinski definition) is 2. The molecule has 0 fully saturated rings. The van der Waals surface area contributed by atoms with Gasteiger partial charge in [-0.1, -0.05) is 6.07 Å². The molecule has 0 aromatic heterocycles. The van der Waals surface area contributed by atoms with Gasteiger partial charge in [0.2, 0.25) is 0 Å². The van der Waals surface area contributed by atoms with Crippen molar-refractivity contribution < 1.29 is 9.18 Å². The van der Waals surface area contributed by atoms with Gasteiger partial charge in [0.05, 0.1) is 0 Å². The highest BCUT2D eigenvalue weighted by atomic mass is 19.1. The fourth-order valence-corrected chi connectivity index (χ4v) is 3.55. The molecule has 0 spiro atoms. The number of amides is 2. The molecule has 3 rings (SSSR count). The summed E-state index contributed by atoms with van der Waals surface area (Å²) in [7, 11) is 0. The van der Waals surface area contributed by atoms with E-state index in [1.165, 1.54) is 11.6 Å². The van der Waals surface area contributed by atoms with Crippen LogP contribution >= 0.6 is 0 Å². The normalized spacial score (nSPS) is 13.9. The van der Waals surface area contributed by atoms with E-state index in [4.69, 9.17) is 0 Å². The third-order valence-electron chi connectivity index (χ3n) is 4.79. The summed E-state index contributed by atoms with van der Waals surface area (Å²) in [6, 6.07) is 9.06.